The standard InChI is InChI=1S/C11H11F3O3/c1-7-4-3-5-8(10(15)16-2)9(7)17-6-11(12,13)14/h3-5H,6H2,1-2H3. The Hall–Kier alpha value is -1.72. The SMILES string of the molecule is COC(=O)c1cccc(C)c1OCC(F)(F)F. The van der Waals surface area contributed by atoms with Crippen LogP contribution >= 0.6 is 0 Å². The van der Waals surface area contributed by atoms with Gasteiger partial charge in [-0.05, 0) is 18.6 Å². The second-order valence-corrected chi connectivity index (χ2v) is 3.35. The summed E-state index contributed by atoms with van der Waals surface area (Å²) in [6.45, 7) is 0.111. The van der Waals surface area contributed by atoms with E-state index < -0.39 is 18.8 Å². The van der Waals surface area contributed by atoms with Gasteiger partial charge in [0.1, 0.15) is 11.3 Å². The maximum Gasteiger partial charge on any atom is 0.422 e. The number of halogens is 3. The smallest absolute Gasteiger partial charge is 0.422 e. The Labute approximate surface area is 96.1 Å². The normalized spacial score (nSPS) is 11.1. The van der Waals surface area contributed by atoms with Crippen molar-refractivity contribution in [3.8, 4) is 5.75 Å². The Morgan fingerprint density at radius 1 is 1.35 bits per heavy atom. The highest BCUT2D eigenvalue weighted by Crippen LogP contribution is 2.26. The fraction of sp³-hybridized carbons (Fsp3) is 0.364. The monoisotopic (exact) mass is 248 g/mol. The summed E-state index contributed by atoms with van der Waals surface area (Å²) in [5.41, 5.74) is 0.425. The van der Waals surface area contributed by atoms with Gasteiger partial charge in [0.25, 0.3) is 0 Å². The topological polar surface area (TPSA) is 35.5 Å². The molecule has 3 nitrogen and oxygen atoms in total. The molecule has 1 aromatic rings. The number of hydrogen-bond acceptors (Lipinski definition) is 3. The molecule has 0 N–H and O–H groups in total. The second-order valence-electron chi connectivity index (χ2n) is 3.35. The Kier molecular flexibility index (Phi) is 3.98. The lowest BCUT2D eigenvalue weighted by molar-refractivity contribution is -0.153. The lowest BCUT2D eigenvalue weighted by Crippen LogP contribution is -2.20. The second kappa shape index (κ2) is 5.07. The largest absolute Gasteiger partial charge is 0.483 e. The number of methoxy groups -OCH3 is 1. The molecular weight excluding hydrogens is 237 g/mol. The predicted octanol–water partition coefficient (Wildman–Crippen LogP) is 2.72. The molecule has 0 spiro atoms. The maximum atomic E-state index is 12.0. The number of aryl methyl sites for hydroxylation is 1. The highest BCUT2D eigenvalue weighted by atomic mass is 19.4. The Morgan fingerprint density at radius 2 is 2.00 bits per heavy atom. The van der Waals surface area contributed by atoms with E-state index in [2.05, 4.69) is 9.47 Å². The molecule has 0 radical (unpaired) electrons. The minimum Gasteiger partial charge on any atom is -0.483 e. The van der Waals surface area contributed by atoms with E-state index in [1.165, 1.54) is 6.07 Å². The molecule has 0 fully saturated rings. The Balaban J connectivity index is 3.00. The first-order valence-electron chi connectivity index (χ1n) is 4.72. The number of esters is 1. The van der Waals surface area contributed by atoms with Crippen LogP contribution in [0.4, 0.5) is 13.2 Å². The summed E-state index contributed by atoms with van der Waals surface area (Å²) in [6.07, 6.45) is -4.45. The van der Waals surface area contributed by atoms with E-state index in [-0.39, 0.29) is 11.3 Å². The van der Waals surface area contributed by atoms with E-state index in [1.54, 1.807) is 19.1 Å². The van der Waals surface area contributed by atoms with Gasteiger partial charge in [0.2, 0.25) is 0 Å². The molecule has 0 atom stereocenters. The third-order valence-corrected chi connectivity index (χ3v) is 2.00. The van der Waals surface area contributed by atoms with Crippen molar-refractivity contribution in [1.29, 1.82) is 0 Å². The van der Waals surface area contributed by atoms with Crippen molar-refractivity contribution in [2.45, 2.75) is 13.1 Å². The number of carbonyl (C=O) groups excluding carboxylic acids is 1. The zero-order valence-corrected chi connectivity index (χ0v) is 9.30. The summed E-state index contributed by atoms with van der Waals surface area (Å²) in [6, 6.07) is 4.45. The molecule has 0 saturated heterocycles. The van der Waals surface area contributed by atoms with Crippen LogP contribution in [-0.2, 0) is 4.74 Å². The van der Waals surface area contributed by atoms with Crippen LogP contribution in [0, 0.1) is 6.92 Å². The minimum absolute atomic E-state index is 0.0169. The summed E-state index contributed by atoms with van der Waals surface area (Å²) in [4.78, 5) is 11.3. The van der Waals surface area contributed by atoms with Gasteiger partial charge < -0.3 is 9.47 Å². The van der Waals surface area contributed by atoms with Crippen LogP contribution in [0.2, 0.25) is 0 Å². The van der Waals surface area contributed by atoms with Gasteiger partial charge in [0, 0.05) is 0 Å². The van der Waals surface area contributed by atoms with Gasteiger partial charge in [0.15, 0.2) is 6.61 Å². The summed E-state index contributed by atoms with van der Waals surface area (Å²) in [5.74, 6) is -0.831. The summed E-state index contributed by atoms with van der Waals surface area (Å²) in [5, 5.41) is 0. The molecule has 1 rings (SSSR count). The molecular formula is C11H11F3O3. The number of alkyl halides is 3. The quantitative estimate of drug-likeness (QED) is 0.771. The Morgan fingerprint density at radius 3 is 2.53 bits per heavy atom. The first-order valence-corrected chi connectivity index (χ1v) is 4.72. The number of ether oxygens (including phenoxy) is 2. The molecule has 17 heavy (non-hydrogen) atoms. The molecule has 0 unspecified atom stereocenters. The van der Waals surface area contributed by atoms with Crippen molar-refractivity contribution in [2.75, 3.05) is 13.7 Å². The van der Waals surface area contributed by atoms with E-state index in [1.807, 2.05) is 0 Å². The molecule has 0 aliphatic rings. The number of carbonyl (C=O) groups is 1. The number of para-hydroxylation sites is 1. The minimum atomic E-state index is -4.45. The third kappa shape index (κ3) is 3.65. The van der Waals surface area contributed by atoms with Crippen molar-refractivity contribution >= 4 is 5.97 Å². The molecule has 0 bridgehead atoms. The van der Waals surface area contributed by atoms with E-state index in [4.69, 9.17) is 0 Å². The molecule has 94 valence electrons. The lowest BCUT2D eigenvalue weighted by atomic mass is 10.1. The summed E-state index contributed by atoms with van der Waals surface area (Å²) < 4.78 is 45.2. The third-order valence-electron chi connectivity index (χ3n) is 2.00. The summed E-state index contributed by atoms with van der Waals surface area (Å²) in [7, 11) is 1.15. The first kappa shape index (κ1) is 13.3. The van der Waals surface area contributed by atoms with Crippen LogP contribution in [0.15, 0.2) is 18.2 Å². The first-order chi connectivity index (χ1) is 7.85. The summed E-state index contributed by atoms with van der Waals surface area (Å²) >= 11 is 0. The maximum absolute atomic E-state index is 12.0. The molecule has 1 aromatic carbocycles. The van der Waals surface area contributed by atoms with Gasteiger partial charge in [0.05, 0.1) is 7.11 Å². The molecule has 0 heterocycles. The predicted molar refractivity (Wildman–Crippen MR) is 54.1 cm³/mol. The van der Waals surface area contributed by atoms with Crippen LogP contribution in [0.25, 0.3) is 0 Å². The van der Waals surface area contributed by atoms with E-state index in [9.17, 15) is 18.0 Å². The zero-order chi connectivity index (χ0) is 13.1. The van der Waals surface area contributed by atoms with Crippen LogP contribution in [0.3, 0.4) is 0 Å². The van der Waals surface area contributed by atoms with Crippen molar-refractivity contribution in [3.05, 3.63) is 29.3 Å². The van der Waals surface area contributed by atoms with E-state index in [0.29, 0.717) is 5.56 Å². The van der Waals surface area contributed by atoms with Crippen molar-refractivity contribution in [1.82, 2.24) is 0 Å². The highest BCUT2D eigenvalue weighted by molar-refractivity contribution is 5.92. The molecule has 0 aliphatic carbocycles. The fourth-order valence-electron chi connectivity index (χ4n) is 1.27. The van der Waals surface area contributed by atoms with Crippen molar-refractivity contribution in [3.63, 3.8) is 0 Å². The molecule has 0 amide bonds. The van der Waals surface area contributed by atoms with Gasteiger partial charge >= 0.3 is 12.1 Å². The highest BCUT2D eigenvalue weighted by Gasteiger charge is 2.29. The number of hydrogen-bond donors (Lipinski definition) is 0. The molecule has 6 heteroatoms. The van der Waals surface area contributed by atoms with E-state index in [0.717, 1.165) is 7.11 Å². The van der Waals surface area contributed by atoms with Crippen molar-refractivity contribution < 1.29 is 27.4 Å². The van der Waals surface area contributed by atoms with Gasteiger partial charge in [-0.2, -0.15) is 13.2 Å². The molecule has 0 saturated carbocycles. The van der Waals surface area contributed by atoms with Gasteiger partial charge in [-0.1, -0.05) is 12.1 Å². The molecule has 0 aromatic heterocycles. The van der Waals surface area contributed by atoms with Crippen LogP contribution in [0.5, 0.6) is 5.75 Å². The van der Waals surface area contributed by atoms with Crippen LogP contribution in [0.1, 0.15) is 15.9 Å². The zero-order valence-electron chi connectivity index (χ0n) is 9.30. The van der Waals surface area contributed by atoms with E-state index >= 15 is 0 Å². The average molecular weight is 248 g/mol. The molecule has 0 aliphatic heterocycles. The van der Waals surface area contributed by atoms with Gasteiger partial charge in [-0.25, -0.2) is 4.79 Å². The average Bonchev–Trinajstić information content (AvgIpc) is 2.25. The van der Waals surface area contributed by atoms with Crippen LogP contribution < -0.4 is 4.74 Å². The van der Waals surface area contributed by atoms with Gasteiger partial charge in [-0.15, -0.1) is 0 Å². The van der Waals surface area contributed by atoms with Gasteiger partial charge in [-0.3, -0.25) is 0 Å². The number of rotatable bonds is 3. The lowest BCUT2D eigenvalue weighted by Gasteiger charge is -2.14. The number of benzene rings is 1. The fourth-order valence-corrected chi connectivity index (χ4v) is 1.27. The van der Waals surface area contributed by atoms with Crippen LogP contribution in [-0.4, -0.2) is 25.9 Å². The Bertz CT molecular complexity index is 413. The van der Waals surface area contributed by atoms with Crippen molar-refractivity contribution in [2.24, 2.45) is 0 Å².